The molecular weight excluding hydrogens is 514 g/mol. The molecule has 3 rings (SSSR count). The van der Waals surface area contributed by atoms with Crippen LogP contribution in [0.3, 0.4) is 0 Å². The molecule has 0 bridgehead atoms. The minimum absolute atomic E-state index is 0.0736. The molecule has 9 heteroatoms. The molecule has 0 spiro atoms. The van der Waals surface area contributed by atoms with Crippen LogP contribution in [0.4, 0.5) is 5.69 Å². The Balaban J connectivity index is 1.85. The lowest BCUT2D eigenvalue weighted by atomic mass is 10.0. The van der Waals surface area contributed by atoms with Crippen molar-refractivity contribution < 1.29 is 22.7 Å². The molecular formula is C30H37N3O5S. The lowest BCUT2D eigenvalue weighted by Crippen LogP contribution is -2.50. The quantitative estimate of drug-likeness (QED) is 0.347. The molecule has 3 aromatic rings. The molecule has 1 N–H and O–H groups in total. The highest BCUT2D eigenvalue weighted by molar-refractivity contribution is 7.92. The summed E-state index contributed by atoms with van der Waals surface area (Å²) in [5.74, 6) is 0.0628. The summed E-state index contributed by atoms with van der Waals surface area (Å²) in [4.78, 5) is 28.4. The number of anilines is 1. The van der Waals surface area contributed by atoms with Crippen LogP contribution in [0, 0.1) is 6.92 Å². The number of benzene rings is 3. The molecule has 0 radical (unpaired) electrons. The highest BCUT2D eigenvalue weighted by Gasteiger charge is 2.30. The van der Waals surface area contributed by atoms with E-state index in [1.54, 1.807) is 36.2 Å². The molecule has 39 heavy (non-hydrogen) atoms. The first kappa shape index (κ1) is 29.7. The van der Waals surface area contributed by atoms with E-state index in [-0.39, 0.29) is 37.7 Å². The summed E-state index contributed by atoms with van der Waals surface area (Å²) >= 11 is 0. The first-order chi connectivity index (χ1) is 18.6. The van der Waals surface area contributed by atoms with E-state index in [1.165, 1.54) is 11.4 Å². The number of carbonyl (C=O) groups excluding carboxylic acids is 2. The van der Waals surface area contributed by atoms with Crippen LogP contribution in [0.1, 0.15) is 29.5 Å². The third-order valence-electron chi connectivity index (χ3n) is 6.61. The molecule has 1 atom stereocenters. The van der Waals surface area contributed by atoms with Crippen LogP contribution in [0.5, 0.6) is 5.75 Å². The maximum atomic E-state index is 13.7. The average molecular weight is 552 g/mol. The summed E-state index contributed by atoms with van der Waals surface area (Å²) in [7, 11) is -0.519. The molecule has 0 saturated heterocycles. The van der Waals surface area contributed by atoms with E-state index in [0.29, 0.717) is 17.9 Å². The number of hydrogen-bond acceptors (Lipinski definition) is 5. The van der Waals surface area contributed by atoms with Crippen molar-refractivity contribution in [3.05, 3.63) is 95.6 Å². The largest absolute Gasteiger partial charge is 0.497 e. The number of amides is 2. The van der Waals surface area contributed by atoms with Crippen molar-refractivity contribution in [3.63, 3.8) is 0 Å². The minimum Gasteiger partial charge on any atom is -0.497 e. The zero-order valence-electron chi connectivity index (χ0n) is 23.0. The number of nitrogens with one attached hydrogen (secondary N) is 1. The number of nitrogens with zero attached hydrogens (tertiary/aromatic N) is 2. The average Bonchev–Trinajstić information content (AvgIpc) is 2.93. The fraction of sp³-hybridized carbons (Fsp3) is 0.333. The summed E-state index contributed by atoms with van der Waals surface area (Å²) in [6.45, 7) is 2.35. The van der Waals surface area contributed by atoms with Gasteiger partial charge in [-0.15, -0.1) is 0 Å². The molecule has 0 aliphatic carbocycles. The van der Waals surface area contributed by atoms with E-state index in [0.717, 1.165) is 22.9 Å². The van der Waals surface area contributed by atoms with Gasteiger partial charge in [0.15, 0.2) is 0 Å². The molecule has 0 aromatic heterocycles. The first-order valence-electron chi connectivity index (χ1n) is 12.8. The van der Waals surface area contributed by atoms with Crippen molar-refractivity contribution in [2.75, 3.05) is 31.3 Å². The zero-order valence-corrected chi connectivity index (χ0v) is 23.8. The van der Waals surface area contributed by atoms with E-state index in [9.17, 15) is 18.0 Å². The summed E-state index contributed by atoms with van der Waals surface area (Å²) < 4.78 is 31.7. The molecule has 208 valence electrons. The van der Waals surface area contributed by atoms with E-state index >= 15 is 0 Å². The number of methoxy groups -OCH3 is 1. The van der Waals surface area contributed by atoms with Gasteiger partial charge in [-0.2, -0.15) is 0 Å². The van der Waals surface area contributed by atoms with Crippen molar-refractivity contribution in [1.29, 1.82) is 0 Å². The third-order valence-corrected chi connectivity index (χ3v) is 7.81. The molecule has 2 amide bonds. The van der Waals surface area contributed by atoms with Gasteiger partial charge in [-0.3, -0.25) is 13.9 Å². The van der Waals surface area contributed by atoms with Crippen molar-refractivity contribution in [2.24, 2.45) is 0 Å². The van der Waals surface area contributed by atoms with E-state index in [1.807, 2.05) is 61.5 Å². The number of likely N-dealkylation sites (N-methyl/N-ethyl adjacent to an activating group) is 1. The van der Waals surface area contributed by atoms with Gasteiger partial charge in [0.2, 0.25) is 21.8 Å². The monoisotopic (exact) mass is 551 g/mol. The van der Waals surface area contributed by atoms with E-state index in [4.69, 9.17) is 4.74 Å². The van der Waals surface area contributed by atoms with Gasteiger partial charge in [-0.05, 0) is 42.2 Å². The fourth-order valence-corrected chi connectivity index (χ4v) is 5.42. The van der Waals surface area contributed by atoms with E-state index in [2.05, 4.69) is 5.32 Å². The molecule has 0 heterocycles. The summed E-state index contributed by atoms with van der Waals surface area (Å²) in [6, 6.07) is 23.4. The number of aryl methyl sites for hydroxylation is 1. The van der Waals surface area contributed by atoms with Crippen molar-refractivity contribution in [1.82, 2.24) is 10.2 Å². The fourth-order valence-electron chi connectivity index (χ4n) is 4.46. The Labute approximate surface area is 231 Å². The van der Waals surface area contributed by atoms with E-state index < -0.39 is 16.1 Å². The van der Waals surface area contributed by atoms with Crippen LogP contribution >= 0.6 is 0 Å². The Morgan fingerprint density at radius 2 is 1.67 bits per heavy atom. The van der Waals surface area contributed by atoms with Crippen LogP contribution < -0.4 is 14.4 Å². The summed E-state index contributed by atoms with van der Waals surface area (Å²) in [6.07, 6.45) is 1.85. The normalized spacial score (nSPS) is 11.9. The molecule has 0 unspecified atom stereocenters. The molecule has 3 aromatic carbocycles. The highest BCUT2D eigenvalue weighted by Crippen LogP contribution is 2.24. The van der Waals surface area contributed by atoms with Gasteiger partial charge in [-0.1, -0.05) is 60.7 Å². The number of hydrogen-bond donors (Lipinski definition) is 1. The Kier molecular flexibility index (Phi) is 10.5. The zero-order chi connectivity index (χ0) is 28.4. The Hall–Kier alpha value is -3.85. The van der Waals surface area contributed by atoms with Crippen LogP contribution in [0.2, 0.25) is 0 Å². The Morgan fingerprint density at radius 1 is 0.974 bits per heavy atom. The smallest absolute Gasteiger partial charge is 0.242 e. The van der Waals surface area contributed by atoms with Gasteiger partial charge < -0.3 is 15.0 Å². The van der Waals surface area contributed by atoms with Crippen LogP contribution in [0.15, 0.2) is 78.9 Å². The number of rotatable bonds is 13. The van der Waals surface area contributed by atoms with Gasteiger partial charge in [-0.25, -0.2) is 8.42 Å². The topological polar surface area (TPSA) is 96.0 Å². The predicted molar refractivity (Wildman–Crippen MR) is 154 cm³/mol. The molecule has 0 aliphatic heterocycles. The Morgan fingerprint density at radius 3 is 2.31 bits per heavy atom. The lowest BCUT2D eigenvalue weighted by Gasteiger charge is -2.32. The van der Waals surface area contributed by atoms with Crippen LogP contribution in [0.25, 0.3) is 0 Å². The van der Waals surface area contributed by atoms with Gasteiger partial charge in [0.05, 0.1) is 19.1 Å². The van der Waals surface area contributed by atoms with Gasteiger partial charge in [0.25, 0.3) is 0 Å². The van der Waals surface area contributed by atoms with Gasteiger partial charge >= 0.3 is 0 Å². The van der Waals surface area contributed by atoms with Crippen molar-refractivity contribution in [2.45, 2.75) is 38.8 Å². The SMILES string of the molecule is CNC(=O)[C@H](Cc1ccccc1)N(Cc1ccccc1C)C(=O)CCCN(c1cccc(OC)c1)S(C)(=O)=O. The number of carbonyl (C=O) groups is 2. The highest BCUT2D eigenvalue weighted by atomic mass is 32.2. The summed E-state index contributed by atoms with van der Waals surface area (Å²) in [5.41, 5.74) is 3.37. The second-order valence-corrected chi connectivity index (χ2v) is 11.3. The van der Waals surface area contributed by atoms with Crippen LogP contribution in [-0.4, -0.2) is 58.1 Å². The number of sulfonamides is 1. The Bertz CT molecular complexity index is 1360. The molecule has 0 fully saturated rings. The minimum atomic E-state index is -3.60. The first-order valence-corrected chi connectivity index (χ1v) is 14.7. The maximum Gasteiger partial charge on any atom is 0.242 e. The van der Waals surface area contributed by atoms with Gasteiger partial charge in [0, 0.05) is 39.0 Å². The maximum absolute atomic E-state index is 13.7. The van der Waals surface area contributed by atoms with Crippen LogP contribution in [-0.2, 0) is 32.6 Å². The lowest BCUT2D eigenvalue weighted by molar-refractivity contribution is -0.141. The van der Waals surface area contributed by atoms with Gasteiger partial charge in [0.1, 0.15) is 11.8 Å². The summed E-state index contributed by atoms with van der Waals surface area (Å²) in [5, 5.41) is 2.72. The molecule has 8 nitrogen and oxygen atoms in total. The number of ether oxygens (including phenoxy) is 1. The standard InChI is InChI=1S/C30H37N3O5S/c1-23-12-8-9-15-25(23)22-32(28(30(35)31-2)20-24-13-6-5-7-14-24)29(34)18-11-19-33(39(4,36)37)26-16-10-17-27(21-26)38-3/h5-10,12-17,21,28H,11,18-20,22H2,1-4H3,(H,31,35)/t28-/m0/s1. The van der Waals surface area contributed by atoms with Crippen molar-refractivity contribution in [3.8, 4) is 5.75 Å². The second-order valence-electron chi connectivity index (χ2n) is 9.41. The molecule has 0 aliphatic rings. The third kappa shape index (κ3) is 8.32. The van der Waals surface area contributed by atoms with Crippen molar-refractivity contribution >= 4 is 27.5 Å². The molecule has 0 saturated carbocycles. The predicted octanol–water partition coefficient (Wildman–Crippen LogP) is 3.94. The second kappa shape index (κ2) is 13.8.